The summed E-state index contributed by atoms with van der Waals surface area (Å²) in [7, 11) is 0. The molecule has 1 rings (SSSR count). The molecule has 7 heteroatoms. The van der Waals surface area contributed by atoms with Gasteiger partial charge in [0.15, 0.2) is 6.10 Å². The standard InChI is InChI=1S/C11H12BrNO5/c12-3-1-2-7-4-8(10(14)11(15)16)6-9(5-7)13(17)18/h4-6,10,14H,1-3H2,(H,15,16). The van der Waals surface area contributed by atoms with E-state index in [1.165, 1.54) is 12.1 Å². The van der Waals surface area contributed by atoms with Crippen LogP contribution in [-0.2, 0) is 11.2 Å². The number of alkyl halides is 1. The van der Waals surface area contributed by atoms with Crippen LogP contribution < -0.4 is 0 Å². The van der Waals surface area contributed by atoms with Crippen LogP contribution in [0.1, 0.15) is 23.7 Å². The number of rotatable bonds is 6. The van der Waals surface area contributed by atoms with Gasteiger partial charge in [-0.05, 0) is 24.0 Å². The molecule has 0 aromatic heterocycles. The fraction of sp³-hybridized carbons (Fsp3) is 0.364. The van der Waals surface area contributed by atoms with Gasteiger partial charge in [0, 0.05) is 17.5 Å². The second-order valence-electron chi connectivity index (χ2n) is 3.72. The average Bonchev–Trinajstić information content (AvgIpc) is 2.34. The molecule has 0 spiro atoms. The minimum Gasteiger partial charge on any atom is -0.479 e. The molecule has 98 valence electrons. The second kappa shape index (κ2) is 6.46. The highest BCUT2D eigenvalue weighted by molar-refractivity contribution is 9.09. The van der Waals surface area contributed by atoms with Crippen LogP contribution in [0.25, 0.3) is 0 Å². The van der Waals surface area contributed by atoms with E-state index < -0.39 is 17.0 Å². The zero-order chi connectivity index (χ0) is 13.7. The molecule has 0 saturated carbocycles. The van der Waals surface area contributed by atoms with Crippen molar-refractivity contribution in [3.8, 4) is 0 Å². The van der Waals surface area contributed by atoms with Crippen molar-refractivity contribution in [2.75, 3.05) is 5.33 Å². The lowest BCUT2D eigenvalue weighted by atomic mass is 10.0. The third-order valence-electron chi connectivity index (χ3n) is 2.36. The topological polar surface area (TPSA) is 101 Å². The van der Waals surface area contributed by atoms with Gasteiger partial charge < -0.3 is 10.2 Å². The third-order valence-corrected chi connectivity index (χ3v) is 2.92. The molecular weight excluding hydrogens is 306 g/mol. The Morgan fingerprint density at radius 2 is 2.11 bits per heavy atom. The summed E-state index contributed by atoms with van der Waals surface area (Å²) in [6.07, 6.45) is -0.400. The van der Waals surface area contributed by atoms with Crippen molar-refractivity contribution in [3.63, 3.8) is 0 Å². The van der Waals surface area contributed by atoms with E-state index in [0.29, 0.717) is 12.0 Å². The number of nitrogens with zero attached hydrogens (tertiary/aromatic N) is 1. The molecule has 0 fully saturated rings. The van der Waals surface area contributed by atoms with Gasteiger partial charge in [-0.15, -0.1) is 0 Å². The van der Waals surface area contributed by atoms with Gasteiger partial charge in [0.25, 0.3) is 5.69 Å². The predicted octanol–water partition coefficient (Wildman–Crippen LogP) is 2.04. The Morgan fingerprint density at radius 3 is 2.61 bits per heavy atom. The molecule has 0 radical (unpaired) electrons. The molecule has 1 unspecified atom stereocenters. The third kappa shape index (κ3) is 3.78. The Labute approximate surface area is 112 Å². The van der Waals surface area contributed by atoms with E-state index in [1.807, 2.05) is 0 Å². The van der Waals surface area contributed by atoms with Crippen molar-refractivity contribution in [3.05, 3.63) is 39.4 Å². The van der Waals surface area contributed by atoms with Crippen LogP contribution in [0.15, 0.2) is 18.2 Å². The number of aliphatic carboxylic acids is 1. The molecule has 6 nitrogen and oxygen atoms in total. The largest absolute Gasteiger partial charge is 0.479 e. The number of carboxylic acid groups (broad SMARTS) is 1. The van der Waals surface area contributed by atoms with Gasteiger partial charge in [-0.1, -0.05) is 22.0 Å². The van der Waals surface area contributed by atoms with Gasteiger partial charge in [0.1, 0.15) is 0 Å². The fourth-order valence-electron chi connectivity index (χ4n) is 1.52. The molecule has 1 aromatic carbocycles. The molecular formula is C11H12BrNO5. The highest BCUT2D eigenvalue weighted by Crippen LogP contribution is 2.23. The number of aryl methyl sites for hydroxylation is 1. The Bertz CT molecular complexity index is 463. The second-order valence-corrected chi connectivity index (χ2v) is 4.52. The van der Waals surface area contributed by atoms with Crippen molar-refractivity contribution < 1.29 is 19.9 Å². The summed E-state index contributed by atoms with van der Waals surface area (Å²) in [6, 6.07) is 3.95. The number of halogens is 1. The molecule has 1 atom stereocenters. The van der Waals surface area contributed by atoms with Crippen molar-refractivity contribution in [2.45, 2.75) is 18.9 Å². The molecule has 0 heterocycles. The van der Waals surface area contributed by atoms with Crippen LogP contribution in [-0.4, -0.2) is 26.4 Å². The zero-order valence-electron chi connectivity index (χ0n) is 9.38. The van der Waals surface area contributed by atoms with E-state index in [9.17, 15) is 20.0 Å². The number of benzene rings is 1. The van der Waals surface area contributed by atoms with E-state index in [-0.39, 0.29) is 11.3 Å². The number of hydrogen-bond acceptors (Lipinski definition) is 4. The smallest absolute Gasteiger partial charge is 0.337 e. The predicted molar refractivity (Wildman–Crippen MR) is 67.8 cm³/mol. The molecule has 18 heavy (non-hydrogen) atoms. The van der Waals surface area contributed by atoms with Crippen LogP contribution in [0.2, 0.25) is 0 Å². The zero-order valence-corrected chi connectivity index (χ0v) is 11.0. The number of aliphatic hydroxyl groups is 1. The normalized spacial score (nSPS) is 12.1. The first-order chi connectivity index (χ1) is 8.45. The molecule has 0 amide bonds. The van der Waals surface area contributed by atoms with E-state index in [0.717, 1.165) is 17.8 Å². The van der Waals surface area contributed by atoms with Crippen LogP contribution in [0.3, 0.4) is 0 Å². The molecule has 2 N–H and O–H groups in total. The van der Waals surface area contributed by atoms with Gasteiger partial charge in [-0.2, -0.15) is 0 Å². The Hall–Kier alpha value is -1.47. The van der Waals surface area contributed by atoms with Gasteiger partial charge >= 0.3 is 5.97 Å². The van der Waals surface area contributed by atoms with E-state index in [4.69, 9.17) is 5.11 Å². The number of nitro benzene ring substituents is 1. The molecule has 0 aliphatic heterocycles. The minimum atomic E-state index is -1.74. The summed E-state index contributed by atoms with van der Waals surface area (Å²) in [4.78, 5) is 20.8. The summed E-state index contributed by atoms with van der Waals surface area (Å²) >= 11 is 3.25. The molecule has 0 aliphatic carbocycles. The van der Waals surface area contributed by atoms with Crippen LogP contribution >= 0.6 is 15.9 Å². The first-order valence-corrected chi connectivity index (χ1v) is 6.33. The summed E-state index contributed by atoms with van der Waals surface area (Å²) in [5.41, 5.74) is 0.456. The Morgan fingerprint density at radius 1 is 1.44 bits per heavy atom. The van der Waals surface area contributed by atoms with Crippen LogP contribution in [0.4, 0.5) is 5.69 Å². The number of nitro groups is 1. The van der Waals surface area contributed by atoms with Gasteiger partial charge in [0.05, 0.1) is 4.92 Å². The van der Waals surface area contributed by atoms with Crippen molar-refractivity contribution in [1.82, 2.24) is 0 Å². The number of carboxylic acids is 1. The Balaban J connectivity index is 3.13. The van der Waals surface area contributed by atoms with Crippen molar-refractivity contribution >= 4 is 27.6 Å². The lowest BCUT2D eigenvalue weighted by molar-refractivity contribution is -0.385. The maximum atomic E-state index is 10.7. The molecule has 0 aliphatic rings. The van der Waals surface area contributed by atoms with E-state index in [2.05, 4.69) is 15.9 Å². The maximum absolute atomic E-state index is 10.7. The van der Waals surface area contributed by atoms with Crippen molar-refractivity contribution in [1.29, 1.82) is 0 Å². The summed E-state index contributed by atoms with van der Waals surface area (Å²) < 4.78 is 0. The number of non-ortho nitro benzene ring substituents is 1. The number of aliphatic hydroxyl groups excluding tert-OH is 1. The van der Waals surface area contributed by atoms with Crippen LogP contribution in [0, 0.1) is 10.1 Å². The van der Waals surface area contributed by atoms with E-state index >= 15 is 0 Å². The maximum Gasteiger partial charge on any atom is 0.337 e. The van der Waals surface area contributed by atoms with E-state index in [1.54, 1.807) is 0 Å². The lowest BCUT2D eigenvalue weighted by Gasteiger charge is -2.08. The number of carbonyl (C=O) groups is 1. The molecule has 0 bridgehead atoms. The molecule has 0 saturated heterocycles. The first-order valence-electron chi connectivity index (χ1n) is 5.20. The summed E-state index contributed by atoms with van der Waals surface area (Å²) in [5, 5.41) is 29.6. The molecule has 1 aromatic rings. The average molecular weight is 318 g/mol. The first kappa shape index (κ1) is 14.6. The SMILES string of the molecule is O=C(O)C(O)c1cc(CCCBr)cc([N+](=O)[O-])c1. The van der Waals surface area contributed by atoms with Crippen LogP contribution in [0.5, 0.6) is 0 Å². The van der Waals surface area contributed by atoms with Gasteiger partial charge in [-0.25, -0.2) is 4.79 Å². The fourth-order valence-corrected chi connectivity index (χ4v) is 1.80. The Kier molecular flexibility index (Phi) is 5.24. The highest BCUT2D eigenvalue weighted by atomic mass is 79.9. The summed E-state index contributed by atoms with van der Waals surface area (Å²) in [5.74, 6) is -1.43. The van der Waals surface area contributed by atoms with Gasteiger partial charge in [0.2, 0.25) is 0 Å². The van der Waals surface area contributed by atoms with Crippen molar-refractivity contribution in [2.24, 2.45) is 0 Å². The monoisotopic (exact) mass is 317 g/mol. The van der Waals surface area contributed by atoms with Gasteiger partial charge in [-0.3, -0.25) is 10.1 Å². The lowest BCUT2D eigenvalue weighted by Crippen LogP contribution is -2.11. The quantitative estimate of drug-likeness (QED) is 0.475. The highest BCUT2D eigenvalue weighted by Gasteiger charge is 2.20. The minimum absolute atomic E-state index is 0.0290. The summed E-state index contributed by atoms with van der Waals surface area (Å²) in [6.45, 7) is 0. The number of hydrogen-bond donors (Lipinski definition) is 2.